The highest BCUT2D eigenvalue weighted by molar-refractivity contribution is 6.07. The molecule has 1 aromatic heterocycles. The maximum Gasteiger partial charge on any atom is 0.201 e. The molecule has 0 fully saturated rings. The second kappa shape index (κ2) is 5.53. The zero-order chi connectivity index (χ0) is 16.7. The van der Waals surface area contributed by atoms with Crippen molar-refractivity contribution in [1.82, 2.24) is 0 Å². The number of fused-ring (bicyclic) bond motifs is 3. The highest BCUT2D eigenvalue weighted by atomic mass is 16.5. The lowest BCUT2D eigenvalue weighted by Gasteiger charge is -2.09. The summed E-state index contributed by atoms with van der Waals surface area (Å²) in [5.74, 6) is 0.763. The minimum absolute atomic E-state index is 0.0287. The number of aryl methyl sites for hydroxylation is 1. The van der Waals surface area contributed by atoms with Gasteiger partial charge in [-0.05, 0) is 41.6 Å². The van der Waals surface area contributed by atoms with Gasteiger partial charge in [0.05, 0.1) is 18.1 Å². The molecule has 0 amide bonds. The van der Waals surface area contributed by atoms with E-state index in [0.29, 0.717) is 16.5 Å². The second-order valence-electron chi connectivity index (χ2n) is 5.83. The Kier molecular flexibility index (Phi) is 3.35. The Morgan fingerprint density at radius 3 is 2.54 bits per heavy atom. The molecule has 4 rings (SSSR count). The fourth-order valence-corrected chi connectivity index (χ4v) is 3.13. The van der Waals surface area contributed by atoms with E-state index in [2.05, 4.69) is 0 Å². The molecular weight excluding hydrogens is 300 g/mol. The molecule has 0 N–H and O–H groups in total. The summed E-state index contributed by atoms with van der Waals surface area (Å²) in [4.78, 5) is 13.1. The summed E-state index contributed by atoms with van der Waals surface area (Å²) in [5, 5.41) is 2.44. The van der Waals surface area contributed by atoms with Gasteiger partial charge in [0, 0.05) is 5.39 Å². The zero-order valence-electron chi connectivity index (χ0n) is 13.5. The van der Waals surface area contributed by atoms with Crippen LogP contribution in [0.3, 0.4) is 0 Å². The van der Waals surface area contributed by atoms with Gasteiger partial charge in [-0.2, -0.15) is 0 Å². The molecule has 0 saturated carbocycles. The first-order valence-electron chi connectivity index (χ1n) is 7.77. The summed E-state index contributed by atoms with van der Waals surface area (Å²) in [5.41, 5.74) is 3.00. The van der Waals surface area contributed by atoms with Gasteiger partial charge in [-0.1, -0.05) is 36.4 Å². The number of ether oxygens (including phenoxy) is 1. The van der Waals surface area contributed by atoms with Crippen LogP contribution < -0.4 is 10.2 Å². The number of methoxy groups -OCH3 is 1. The van der Waals surface area contributed by atoms with Gasteiger partial charge in [-0.25, -0.2) is 0 Å². The lowest BCUT2D eigenvalue weighted by molar-refractivity contribution is 0.412. The predicted octanol–water partition coefficient (Wildman–Crippen LogP) is 4.93. The Balaban J connectivity index is 2.13. The molecule has 118 valence electrons. The molecule has 0 aliphatic carbocycles. The lowest BCUT2D eigenvalue weighted by Crippen LogP contribution is -2.05. The van der Waals surface area contributed by atoms with Crippen LogP contribution in [-0.2, 0) is 0 Å². The summed E-state index contributed by atoms with van der Waals surface area (Å²) < 4.78 is 11.2. The smallest absolute Gasteiger partial charge is 0.201 e. The van der Waals surface area contributed by atoms with Gasteiger partial charge in [-0.15, -0.1) is 0 Å². The third-order valence-corrected chi connectivity index (χ3v) is 4.36. The zero-order valence-corrected chi connectivity index (χ0v) is 13.5. The van der Waals surface area contributed by atoms with Crippen LogP contribution in [0.2, 0.25) is 0 Å². The molecule has 0 atom stereocenters. The third-order valence-electron chi connectivity index (χ3n) is 4.36. The number of hydrogen-bond donors (Lipinski definition) is 0. The molecule has 1 heterocycles. The molecule has 3 heteroatoms. The average Bonchev–Trinajstić information content (AvgIpc) is 2.62. The van der Waals surface area contributed by atoms with Gasteiger partial charge in [0.25, 0.3) is 0 Å². The van der Waals surface area contributed by atoms with Gasteiger partial charge in [0.15, 0.2) is 0 Å². The van der Waals surface area contributed by atoms with Crippen molar-refractivity contribution >= 4 is 21.7 Å². The van der Waals surface area contributed by atoms with Gasteiger partial charge >= 0.3 is 0 Å². The molecule has 0 unspecified atom stereocenters. The van der Waals surface area contributed by atoms with Crippen LogP contribution in [0.15, 0.2) is 70.1 Å². The van der Waals surface area contributed by atoms with E-state index in [0.717, 1.165) is 27.6 Å². The van der Waals surface area contributed by atoms with Gasteiger partial charge in [0.2, 0.25) is 5.43 Å². The molecule has 0 aliphatic heterocycles. The van der Waals surface area contributed by atoms with Crippen molar-refractivity contribution in [2.24, 2.45) is 0 Å². The van der Waals surface area contributed by atoms with E-state index in [1.54, 1.807) is 7.11 Å². The van der Waals surface area contributed by atoms with Crippen LogP contribution >= 0.6 is 0 Å². The number of benzene rings is 3. The summed E-state index contributed by atoms with van der Waals surface area (Å²) in [6, 6.07) is 17.3. The first kappa shape index (κ1) is 14.5. The fourth-order valence-electron chi connectivity index (χ4n) is 3.13. The second-order valence-corrected chi connectivity index (χ2v) is 5.83. The molecular formula is C21H16O3. The Labute approximate surface area is 139 Å². The van der Waals surface area contributed by atoms with Crippen molar-refractivity contribution < 1.29 is 9.15 Å². The van der Waals surface area contributed by atoms with Crippen molar-refractivity contribution in [2.45, 2.75) is 6.92 Å². The van der Waals surface area contributed by atoms with Crippen LogP contribution in [0.25, 0.3) is 32.9 Å². The van der Waals surface area contributed by atoms with Crippen molar-refractivity contribution in [3.63, 3.8) is 0 Å². The van der Waals surface area contributed by atoms with Crippen molar-refractivity contribution in [3.8, 4) is 16.9 Å². The monoisotopic (exact) mass is 316 g/mol. The minimum Gasteiger partial charge on any atom is -0.496 e. The molecule has 3 nitrogen and oxygen atoms in total. The van der Waals surface area contributed by atoms with Crippen LogP contribution in [0.4, 0.5) is 0 Å². The van der Waals surface area contributed by atoms with Crippen molar-refractivity contribution in [2.75, 3.05) is 7.11 Å². The van der Waals surface area contributed by atoms with E-state index in [1.807, 2.05) is 61.5 Å². The Morgan fingerprint density at radius 1 is 1.00 bits per heavy atom. The molecule has 0 radical (unpaired) electrons. The average molecular weight is 316 g/mol. The highest BCUT2D eigenvalue weighted by Gasteiger charge is 2.13. The van der Waals surface area contributed by atoms with E-state index in [9.17, 15) is 4.79 Å². The molecule has 0 saturated heterocycles. The quantitative estimate of drug-likeness (QED) is 0.492. The topological polar surface area (TPSA) is 39.4 Å². The minimum atomic E-state index is -0.0287. The highest BCUT2D eigenvalue weighted by Crippen LogP contribution is 2.31. The molecule has 0 bridgehead atoms. The van der Waals surface area contributed by atoms with E-state index >= 15 is 0 Å². The summed E-state index contributed by atoms with van der Waals surface area (Å²) in [6.45, 7) is 1.99. The number of hydrogen-bond acceptors (Lipinski definition) is 3. The van der Waals surface area contributed by atoms with Crippen LogP contribution in [0.1, 0.15) is 5.56 Å². The van der Waals surface area contributed by atoms with Crippen LogP contribution in [-0.4, -0.2) is 7.11 Å². The predicted molar refractivity (Wildman–Crippen MR) is 96.7 cm³/mol. The lowest BCUT2D eigenvalue weighted by atomic mass is 9.99. The summed E-state index contributed by atoms with van der Waals surface area (Å²) >= 11 is 0. The van der Waals surface area contributed by atoms with E-state index < -0.39 is 0 Å². The fraction of sp³-hybridized carbons (Fsp3) is 0.0952. The van der Waals surface area contributed by atoms with Gasteiger partial charge in [-0.3, -0.25) is 4.79 Å². The van der Waals surface area contributed by atoms with E-state index in [4.69, 9.17) is 9.15 Å². The van der Waals surface area contributed by atoms with Crippen molar-refractivity contribution in [1.29, 1.82) is 0 Å². The SMILES string of the molecule is COc1cc2c(ccc3occ(-c4ccccc4)c(=O)c32)cc1C. The first-order chi connectivity index (χ1) is 11.7. The third kappa shape index (κ3) is 2.17. The maximum atomic E-state index is 13.1. The van der Waals surface area contributed by atoms with E-state index in [-0.39, 0.29) is 5.43 Å². The molecule has 0 aliphatic rings. The van der Waals surface area contributed by atoms with Crippen molar-refractivity contribution in [3.05, 3.63) is 76.6 Å². The van der Waals surface area contributed by atoms with Gasteiger partial charge in [0.1, 0.15) is 17.6 Å². The molecule has 24 heavy (non-hydrogen) atoms. The molecule has 4 aromatic rings. The van der Waals surface area contributed by atoms with Gasteiger partial charge < -0.3 is 9.15 Å². The largest absolute Gasteiger partial charge is 0.496 e. The Morgan fingerprint density at radius 2 is 1.79 bits per heavy atom. The standard InChI is InChI=1S/C21H16O3/c1-13-10-15-8-9-18-20(16(15)11-19(13)23-2)21(22)17(12-24-18)14-6-4-3-5-7-14/h3-12H,1-2H3. The van der Waals surface area contributed by atoms with Crippen LogP contribution in [0.5, 0.6) is 5.75 Å². The molecule has 0 spiro atoms. The Hall–Kier alpha value is -3.07. The van der Waals surface area contributed by atoms with Crippen LogP contribution in [0, 0.1) is 6.92 Å². The number of rotatable bonds is 2. The maximum absolute atomic E-state index is 13.1. The molecule has 3 aromatic carbocycles. The van der Waals surface area contributed by atoms with E-state index in [1.165, 1.54) is 6.26 Å². The first-order valence-corrected chi connectivity index (χ1v) is 7.77. The Bertz CT molecular complexity index is 1110. The summed E-state index contributed by atoms with van der Waals surface area (Å²) in [6.07, 6.45) is 1.54. The summed E-state index contributed by atoms with van der Waals surface area (Å²) in [7, 11) is 1.64. The normalized spacial score (nSPS) is 11.1.